The molecule has 20 heavy (non-hydrogen) atoms. The molecule has 2 atom stereocenters. The zero-order chi connectivity index (χ0) is 14.1. The smallest absolute Gasteiger partial charge is 0.245 e. The first-order valence-electron chi connectivity index (χ1n) is 7.45. The Morgan fingerprint density at radius 2 is 2.20 bits per heavy atom. The Bertz CT molecular complexity index is 591. The number of aryl methyl sites for hydroxylation is 1. The molecule has 1 aliphatic rings. The van der Waals surface area contributed by atoms with Crippen molar-refractivity contribution in [2.24, 2.45) is 11.7 Å². The fourth-order valence-corrected chi connectivity index (χ4v) is 3.30. The van der Waals surface area contributed by atoms with Crippen molar-refractivity contribution < 1.29 is 0 Å². The third-order valence-corrected chi connectivity index (χ3v) is 4.53. The van der Waals surface area contributed by atoms with Gasteiger partial charge in [-0.1, -0.05) is 18.9 Å². The molecule has 3 rings (SSSR count). The largest absolute Gasteiger partial charge is 0.339 e. The van der Waals surface area contributed by atoms with E-state index >= 15 is 0 Å². The Kier molecular flexibility index (Phi) is 3.61. The monoisotopic (exact) mass is 273 g/mol. The van der Waals surface area contributed by atoms with Gasteiger partial charge in [0.05, 0.1) is 0 Å². The van der Waals surface area contributed by atoms with Gasteiger partial charge in [-0.2, -0.15) is 4.98 Å². The second-order valence-corrected chi connectivity index (χ2v) is 5.83. The third kappa shape index (κ3) is 2.26. The molecule has 0 aromatic carbocycles. The molecule has 2 heterocycles. The number of nitrogens with two attached hydrogens (primary N) is 1. The third-order valence-electron chi connectivity index (χ3n) is 4.53. The number of rotatable bonds is 3. The minimum atomic E-state index is 0.464. The quantitative estimate of drug-likeness (QED) is 0.929. The summed E-state index contributed by atoms with van der Waals surface area (Å²) in [5, 5.41) is 4.61. The van der Waals surface area contributed by atoms with Crippen LogP contribution in [-0.4, -0.2) is 34.2 Å². The van der Waals surface area contributed by atoms with E-state index in [9.17, 15) is 0 Å². The lowest BCUT2D eigenvalue weighted by molar-refractivity contribution is 0.304. The maximum Gasteiger partial charge on any atom is 0.245 e. The van der Waals surface area contributed by atoms with E-state index in [-0.39, 0.29) is 0 Å². The molecule has 1 fully saturated rings. The van der Waals surface area contributed by atoms with E-state index < -0.39 is 0 Å². The summed E-state index contributed by atoms with van der Waals surface area (Å²) in [6.45, 7) is 2.82. The highest BCUT2D eigenvalue weighted by atomic mass is 15.4. The molecule has 2 N–H and O–H groups in total. The van der Waals surface area contributed by atoms with E-state index in [2.05, 4.69) is 30.0 Å². The minimum absolute atomic E-state index is 0.464. The first kappa shape index (κ1) is 13.4. The molecule has 0 amide bonds. The number of fused-ring (bicyclic) bond motifs is 1. The number of hydrogen-bond acceptors (Lipinski definition) is 4. The first-order valence-corrected chi connectivity index (χ1v) is 7.45. The predicted molar refractivity (Wildman–Crippen MR) is 80.9 cm³/mol. The molecule has 0 spiro atoms. The molecular weight excluding hydrogens is 250 g/mol. The lowest BCUT2D eigenvalue weighted by Gasteiger charge is -2.36. The van der Waals surface area contributed by atoms with Crippen molar-refractivity contribution in [3.63, 3.8) is 0 Å². The number of nitrogens with zero attached hydrogens (tertiary/aromatic N) is 4. The molecule has 0 bridgehead atoms. The zero-order valence-electron chi connectivity index (χ0n) is 12.3. The lowest BCUT2D eigenvalue weighted by atomic mass is 9.84. The maximum atomic E-state index is 5.94. The van der Waals surface area contributed by atoms with E-state index in [1.807, 2.05) is 16.8 Å². The van der Waals surface area contributed by atoms with Gasteiger partial charge >= 0.3 is 0 Å². The normalized spacial score (nSPS) is 23.1. The molecule has 2 unspecified atom stereocenters. The van der Waals surface area contributed by atoms with E-state index in [1.165, 1.54) is 25.7 Å². The van der Waals surface area contributed by atoms with Crippen molar-refractivity contribution in [1.29, 1.82) is 0 Å². The van der Waals surface area contributed by atoms with Crippen LogP contribution in [0.5, 0.6) is 0 Å². The number of hydrogen-bond donors (Lipinski definition) is 1. The van der Waals surface area contributed by atoms with Crippen molar-refractivity contribution in [1.82, 2.24) is 14.6 Å². The number of pyridine rings is 1. The molecular formula is C15H23N5. The summed E-state index contributed by atoms with van der Waals surface area (Å²) in [6.07, 6.45) is 6.93. The van der Waals surface area contributed by atoms with Crippen LogP contribution in [0.2, 0.25) is 0 Å². The highest BCUT2D eigenvalue weighted by Gasteiger charge is 2.29. The van der Waals surface area contributed by atoms with Crippen LogP contribution >= 0.6 is 0 Å². The fourth-order valence-electron chi connectivity index (χ4n) is 3.30. The molecule has 1 saturated carbocycles. The van der Waals surface area contributed by atoms with Crippen molar-refractivity contribution in [2.45, 2.75) is 38.6 Å². The van der Waals surface area contributed by atoms with Crippen LogP contribution in [0.3, 0.4) is 0 Å². The standard InChI is InChI=1S/C15H23N5/c1-11-6-5-9-20-14(11)17-15(18-20)19(2)13-8-4-3-7-12(13)10-16/h5-6,9,12-13H,3-4,7-8,10,16H2,1-2H3. The maximum absolute atomic E-state index is 5.94. The molecule has 5 nitrogen and oxygen atoms in total. The molecule has 2 aromatic heterocycles. The van der Waals surface area contributed by atoms with Crippen LogP contribution in [-0.2, 0) is 0 Å². The van der Waals surface area contributed by atoms with Gasteiger partial charge in [-0.25, -0.2) is 4.52 Å². The summed E-state index contributed by atoms with van der Waals surface area (Å²) in [4.78, 5) is 6.92. The fraction of sp³-hybridized carbons (Fsp3) is 0.600. The van der Waals surface area contributed by atoms with Crippen LogP contribution in [0.4, 0.5) is 5.95 Å². The molecule has 1 aliphatic carbocycles. The number of anilines is 1. The van der Waals surface area contributed by atoms with E-state index in [0.717, 1.165) is 23.7 Å². The van der Waals surface area contributed by atoms with Gasteiger partial charge in [0.25, 0.3) is 0 Å². The van der Waals surface area contributed by atoms with Crippen molar-refractivity contribution in [3.8, 4) is 0 Å². The zero-order valence-corrected chi connectivity index (χ0v) is 12.3. The van der Waals surface area contributed by atoms with E-state index in [1.54, 1.807) is 0 Å². The molecule has 0 radical (unpaired) electrons. The van der Waals surface area contributed by atoms with Gasteiger partial charge < -0.3 is 10.6 Å². The summed E-state index contributed by atoms with van der Waals surface area (Å²) in [5.74, 6) is 1.37. The lowest BCUT2D eigenvalue weighted by Crippen LogP contribution is -2.43. The van der Waals surface area contributed by atoms with Gasteiger partial charge in [0.2, 0.25) is 5.95 Å². The Balaban J connectivity index is 1.91. The van der Waals surface area contributed by atoms with Gasteiger partial charge in [-0.3, -0.25) is 0 Å². The van der Waals surface area contributed by atoms with Crippen LogP contribution in [0, 0.1) is 12.8 Å². The Hall–Kier alpha value is -1.62. The Morgan fingerprint density at radius 1 is 1.40 bits per heavy atom. The van der Waals surface area contributed by atoms with Gasteiger partial charge in [-0.15, -0.1) is 5.10 Å². The minimum Gasteiger partial charge on any atom is -0.339 e. The van der Waals surface area contributed by atoms with Gasteiger partial charge in [0, 0.05) is 19.3 Å². The first-order chi connectivity index (χ1) is 9.70. The summed E-state index contributed by atoms with van der Waals surface area (Å²) < 4.78 is 1.86. The highest BCUT2D eigenvalue weighted by Crippen LogP contribution is 2.29. The van der Waals surface area contributed by atoms with Crippen molar-refractivity contribution in [3.05, 3.63) is 23.9 Å². The van der Waals surface area contributed by atoms with Gasteiger partial charge in [0.15, 0.2) is 5.65 Å². The molecule has 5 heteroatoms. The van der Waals surface area contributed by atoms with Crippen molar-refractivity contribution >= 4 is 11.6 Å². The summed E-state index contributed by atoms with van der Waals surface area (Å²) >= 11 is 0. The molecule has 2 aromatic rings. The Morgan fingerprint density at radius 3 is 2.95 bits per heavy atom. The Labute approximate surface area is 119 Å². The average Bonchev–Trinajstić information content (AvgIpc) is 2.92. The van der Waals surface area contributed by atoms with E-state index in [0.29, 0.717) is 12.0 Å². The predicted octanol–water partition coefficient (Wildman–Crippen LogP) is 1.99. The topological polar surface area (TPSA) is 59.5 Å². The number of aromatic nitrogens is 3. The molecule has 0 saturated heterocycles. The molecule has 0 aliphatic heterocycles. The highest BCUT2D eigenvalue weighted by molar-refractivity contribution is 5.50. The van der Waals surface area contributed by atoms with E-state index in [4.69, 9.17) is 10.7 Å². The second kappa shape index (κ2) is 5.40. The summed E-state index contributed by atoms with van der Waals surface area (Å²) in [5.41, 5.74) is 8.03. The van der Waals surface area contributed by atoms with Gasteiger partial charge in [-0.05, 0) is 43.9 Å². The van der Waals surface area contributed by atoms with Crippen LogP contribution < -0.4 is 10.6 Å². The SMILES string of the molecule is Cc1cccn2nc(N(C)C3CCCCC3CN)nc12. The van der Waals surface area contributed by atoms with Crippen LogP contribution in [0.1, 0.15) is 31.2 Å². The second-order valence-electron chi connectivity index (χ2n) is 5.83. The summed E-state index contributed by atoms with van der Waals surface area (Å²) in [7, 11) is 2.10. The van der Waals surface area contributed by atoms with Crippen LogP contribution in [0.25, 0.3) is 5.65 Å². The summed E-state index contributed by atoms with van der Waals surface area (Å²) in [6, 6.07) is 4.53. The molecule has 108 valence electrons. The average molecular weight is 273 g/mol. The van der Waals surface area contributed by atoms with Crippen molar-refractivity contribution in [2.75, 3.05) is 18.5 Å². The van der Waals surface area contributed by atoms with Crippen LogP contribution in [0.15, 0.2) is 18.3 Å². The van der Waals surface area contributed by atoms with Gasteiger partial charge in [0.1, 0.15) is 0 Å².